The maximum Gasteiger partial charge on any atom is 0.274 e. The SMILES string of the molecule is Cc1ccc(NC(=O)c2cccc(C(=O)Nc3ccc(Cl)cc3)n2)cc1C. The molecule has 3 rings (SSSR count). The summed E-state index contributed by atoms with van der Waals surface area (Å²) in [5, 5.41) is 6.10. The number of anilines is 2. The molecule has 0 aliphatic rings. The van der Waals surface area contributed by atoms with Gasteiger partial charge in [-0.25, -0.2) is 4.98 Å². The van der Waals surface area contributed by atoms with Gasteiger partial charge in [-0.15, -0.1) is 0 Å². The second-order valence-electron chi connectivity index (χ2n) is 6.12. The van der Waals surface area contributed by atoms with Gasteiger partial charge in [-0.1, -0.05) is 23.7 Å². The number of rotatable bonds is 4. The molecule has 0 unspecified atom stereocenters. The van der Waals surface area contributed by atoms with Crippen molar-refractivity contribution in [1.29, 1.82) is 0 Å². The van der Waals surface area contributed by atoms with Crippen LogP contribution in [0, 0.1) is 13.8 Å². The number of nitrogens with zero attached hydrogens (tertiary/aromatic N) is 1. The molecule has 0 saturated heterocycles. The van der Waals surface area contributed by atoms with E-state index in [2.05, 4.69) is 15.6 Å². The molecule has 0 spiro atoms. The zero-order chi connectivity index (χ0) is 19.4. The van der Waals surface area contributed by atoms with Crippen LogP contribution in [0.5, 0.6) is 0 Å². The lowest BCUT2D eigenvalue weighted by Crippen LogP contribution is -2.18. The third-order valence-electron chi connectivity index (χ3n) is 4.08. The molecule has 0 atom stereocenters. The second kappa shape index (κ2) is 8.01. The molecule has 6 heteroatoms. The summed E-state index contributed by atoms with van der Waals surface area (Å²) in [6.07, 6.45) is 0. The predicted octanol–water partition coefficient (Wildman–Crippen LogP) is 4.86. The first-order valence-corrected chi connectivity index (χ1v) is 8.73. The highest BCUT2D eigenvalue weighted by atomic mass is 35.5. The van der Waals surface area contributed by atoms with E-state index in [9.17, 15) is 9.59 Å². The van der Waals surface area contributed by atoms with Crippen LogP contribution < -0.4 is 10.6 Å². The molecule has 3 aromatic rings. The summed E-state index contributed by atoms with van der Waals surface area (Å²) >= 11 is 5.84. The number of carbonyl (C=O) groups excluding carboxylic acids is 2. The molecule has 2 N–H and O–H groups in total. The quantitative estimate of drug-likeness (QED) is 0.680. The third kappa shape index (κ3) is 4.71. The van der Waals surface area contributed by atoms with Crippen molar-refractivity contribution in [2.75, 3.05) is 10.6 Å². The highest BCUT2D eigenvalue weighted by Crippen LogP contribution is 2.16. The molecule has 0 saturated carbocycles. The van der Waals surface area contributed by atoms with Crippen molar-refractivity contribution >= 4 is 34.8 Å². The van der Waals surface area contributed by atoms with E-state index in [1.807, 2.05) is 32.0 Å². The van der Waals surface area contributed by atoms with Gasteiger partial charge in [-0.05, 0) is 73.5 Å². The highest BCUT2D eigenvalue weighted by molar-refractivity contribution is 6.30. The predicted molar refractivity (Wildman–Crippen MR) is 108 cm³/mol. The molecular formula is C21H18ClN3O2. The number of aromatic nitrogens is 1. The van der Waals surface area contributed by atoms with Crippen LogP contribution in [0.4, 0.5) is 11.4 Å². The Balaban J connectivity index is 1.73. The average molecular weight is 380 g/mol. The average Bonchev–Trinajstić information content (AvgIpc) is 2.66. The van der Waals surface area contributed by atoms with E-state index in [4.69, 9.17) is 11.6 Å². The van der Waals surface area contributed by atoms with Gasteiger partial charge in [0.25, 0.3) is 11.8 Å². The lowest BCUT2D eigenvalue weighted by Gasteiger charge is -2.09. The van der Waals surface area contributed by atoms with E-state index in [-0.39, 0.29) is 17.3 Å². The van der Waals surface area contributed by atoms with Gasteiger partial charge >= 0.3 is 0 Å². The van der Waals surface area contributed by atoms with Crippen molar-refractivity contribution in [3.8, 4) is 0 Å². The summed E-state index contributed by atoms with van der Waals surface area (Å²) in [4.78, 5) is 29.0. The molecule has 0 fully saturated rings. The van der Waals surface area contributed by atoms with Gasteiger partial charge in [-0.3, -0.25) is 9.59 Å². The van der Waals surface area contributed by atoms with Gasteiger partial charge in [0.15, 0.2) is 0 Å². The maximum atomic E-state index is 12.5. The van der Waals surface area contributed by atoms with E-state index < -0.39 is 5.91 Å². The van der Waals surface area contributed by atoms with Gasteiger partial charge < -0.3 is 10.6 Å². The van der Waals surface area contributed by atoms with Crippen molar-refractivity contribution in [3.63, 3.8) is 0 Å². The van der Waals surface area contributed by atoms with Gasteiger partial charge in [0.2, 0.25) is 0 Å². The molecule has 0 bridgehead atoms. The van der Waals surface area contributed by atoms with Crippen LogP contribution in [0.15, 0.2) is 60.7 Å². The van der Waals surface area contributed by atoms with Crippen molar-refractivity contribution in [1.82, 2.24) is 4.98 Å². The van der Waals surface area contributed by atoms with Crippen molar-refractivity contribution < 1.29 is 9.59 Å². The molecule has 1 aromatic heterocycles. The zero-order valence-corrected chi connectivity index (χ0v) is 15.7. The minimum absolute atomic E-state index is 0.151. The lowest BCUT2D eigenvalue weighted by atomic mass is 10.1. The number of hydrogen-bond donors (Lipinski definition) is 2. The Morgan fingerprint density at radius 3 is 1.93 bits per heavy atom. The van der Waals surface area contributed by atoms with E-state index in [1.165, 1.54) is 0 Å². The Morgan fingerprint density at radius 2 is 1.33 bits per heavy atom. The molecule has 0 radical (unpaired) electrons. The Morgan fingerprint density at radius 1 is 0.778 bits per heavy atom. The van der Waals surface area contributed by atoms with E-state index >= 15 is 0 Å². The first kappa shape index (κ1) is 18.6. The number of halogens is 1. The molecule has 27 heavy (non-hydrogen) atoms. The van der Waals surface area contributed by atoms with Crippen LogP contribution in [0.2, 0.25) is 5.02 Å². The minimum atomic E-state index is -0.404. The molecule has 2 aromatic carbocycles. The third-order valence-corrected chi connectivity index (χ3v) is 4.33. The molecule has 136 valence electrons. The number of carbonyl (C=O) groups is 2. The standard InChI is InChI=1S/C21H18ClN3O2/c1-13-6-9-17(12-14(13)2)24-21(27)19-5-3-4-18(25-19)20(26)23-16-10-7-15(22)8-11-16/h3-12H,1-2H3,(H,23,26)(H,24,27). The fraction of sp³-hybridized carbons (Fsp3) is 0.0952. The monoisotopic (exact) mass is 379 g/mol. The van der Waals surface area contributed by atoms with Crippen LogP contribution >= 0.6 is 11.6 Å². The number of benzene rings is 2. The Kier molecular flexibility index (Phi) is 5.52. The number of aryl methyl sites for hydroxylation is 2. The summed E-state index contributed by atoms with van der Waals surface area (Å²) < 4.78 is 0. The Bertz CT molecular complexity index is 1000. The molecule has 2 amide bonds. The normalized spacial score (nSPS) is 10.3. The van der Waals surface area contributed by atoms with Gasteiger partial charge in [0.05, 0.1) is 0 Å². The van der Waals surface area contributed by atoms with Crippen LogP contribution in [0.25, 0.3) is 0 Å². The van der Waals surface area contributed by atoms with Gasteiger partial charge in [0.1, 0.15) is 11.4 Å². The fourth-order valence-corrected chi connectivity index (χ4v) is 2.56. The van der Waals surface area contributed by atoms with Gasteiger partial charge in [0, 0.05) is 16.4 Å². The van der Waals surface area contributed by atoms with Crippen molar-refractivity contribution in [2.24, 2.45) is 0 Å². The van der Waals surface area contributed by atoms with E-state index in [1.54, 1.807) is 42.5 Å². The Hall–Kier alpha value is -3.18. The summed E-state index contributed by atoms with van der Waals surface area (Å²) in [7, 11) is 0. The number of hydrogen-bond acceptors (Lipinski definition) is 3. The van der Waals surface area contributed by atoms with Crippen LogP contribution in [0.3, 0.4) is 0 Å². The summed E-state index contributed by atoms with van der Waals surface area (Å²) in [5.41, 5.74) is 3.82. The van der Waals surface area contributed by atoms with Crippen LogP contribution in [-0.4, -0.2) is 16.8 Å². The molecule has 5 nitrogen and oxygen atoms in total. The number of nitrogens with one attached hydrogen (secondary N) is 2. The smallest absolute Gasteiger partial charge is 0.274 e. The van der Waals surface area contributed by atoms with Crippen molar-refractivity contribution in [3.05, 3.63) is 88.2 Å². The summed E-state index contributed by atoms with van der Waals surface area (Å²) in [5.74, 6) is -0.780. The Labute approximate surface area is 162 Å². The maximum absolute atomic E-state index is 12.5. The van der Waals surface area contributed by atoms with Crippen LogP contribution in [0.1, 0.15) is 32.1 Å². The second-order valence-corrected chi connectivity index (χ2v) is 6.56. The van der Waals surface area contributed by atoms with Crippen molar-refractivity contribution in [2.45, 2.75) is 13.8 Å². The number of amides is 2. The molecule has 0 aliphatic carbocycles. The topological polar surface area (TPSA) is 71.1 Å². The molecular weight excluding hydrogens is 362 g/mol. The minimum Gasteiger partial charge on any atom is -0.321 e. The van der Waals surface area contributed by atoms with E-state index in [0.29, 0.717) is 16.4 Å². The zero-order valence-electron chi connectivity index (χ0n) is 14.9. The molecule has 1 heterocycles. The highest BCUT2D eigenvalue weighted by Gasteiger charge is 2.13. The molecule has 0 aliphatic heterocycles. The first-order chi connectivity index (χ1) is 12.9. The largest absolute Gasteiger partial charge is 0.321 e. The van der Waals surface area contributed by atoms with E-state index in [0.717, 1.165) is 11.1 Å². The fourth-order valence-electron chi connectivity index (χ4n) is 2.43. The number of pyridine rings is 1. The van der Waals surface area contributed by atoms with Gasteiger partial charge in [-0.2, -0.15) is 0 Å². The van der Waals surface area contributed by atoms with Crippen LogP contribution in [-0.2, 0) is 0 Å². The first-order valence-electron chi connectivity index (χ1n) is 8.35. The summed E-state index contributed by atoms with van der Waals surface area (Å²) in [6.45, 7) is 3.98. The summed E-state index contributed by atoms with van der Waals surface area (Å²) in [6, 6.07) is 17.1. The lowest BCUT2D eigenvalue weighted by molar-refractivity contribution is 0.101.